The molecular weight excluding hydrogens is 285 g/mol. The van der Waals surface area contributed by atoms with Gasteiger partial charge in [-0.05, 0) is 30.5 Å². The summed E-state index contributed by atoms with van der Waals surface area (Å²) in [6.07, 6.45) is 2.08. The molecule has 1 amide bonds. The number of hydrogen-bond donors (Lipinski definition) is 1. The van der Waals surface area contributed by atoms with Crippen LogP contribution in [0.2, 0.25) is 0 Å². The molecule has 1 atom stereocenters. The van der Waals surface area contributed by atoms with Crippen molar-refractivity contribution in [1.29, 1.82) is 0 Å². The predicted molar refractivity (Wildman–Crippen MR) is 82.6 cm³/mol. The van der Waals surface area contributed by atoms with Gasteiger partial charge in [-0.25, -0.2) is 4.39 Å². The molecule has 1 unspecified atom stereocenters. The summed E-state index contributed by atoms with van der Waals surface area (Å²) in [5, 5.41) is 2.58. The van der Waals surface area contributed by atoms with Gasteiger partial charge >= 0.3 is 0 Å². The molecule has 0 saturated heterocycles. The number of hydrogen-bond acceptors (Lipinski definition) is 2. The topological polar surface area (TPSA) is 29.1 Å². The van der Waals surface area contributed by atoms with Gasteiger partial charge in [-0.2, -0.15) is 0 Å². The van der Waals surface area contributed by atoms with E-state index in [-0.39, 0.29) is 11.7 Å². The summed E-state index contributed by atoms with van der Waals surface area (Å²) < 4.78 is 13.9. The highest BCUT2D eigenvalue weighted by molar-refractivity contribution is 8.00. The Morgan fingerprint density at radius 2 is 1.76 bits per heavy atom. The monoisotopic (exact) mass is 301 g/mol. The quantitative estimate of drug-likeness (QED) is 0.848. The van der Waals surface area contributed by atoms with Crippen molar-refractivity contribution in [3.63, 3.8) is 0 Å². The van der Waals surface area contributed by atoms with Crippen molar-refractivity contribution < 1.29 is 9.18 Å². The van der Waals surface area contributed by atoms with Crippen LogP contribution in [-0.2, 0) is 4.79 Å². The van der Waals surface area contributed by atoms with Gasteiger partial charge in [0.25, 0.3) is 0 Å². The first-order chi connectivity index (χ1) is 10.2. The van der Waals surface area contributed by atoms with Crippen LogP contribution < -0.4 is 5.32 Å². The molecule has 0 spiro atoms. The Morgan fingerprint density at radius 3 is 2.43 bits per heavy atom. The van der Waals surface area contributed by atoms with Crippen LogP contribution in [0.25, 0.3) is 0 Å². The summed E-state index contributed by atoms with van der Waals surface area (Å²) in [5.41, 5.74) is 0.893. The van der Waals surface area contributed by atoms with Gasteiger partial charge in [0, 0.05) is 10.9 Å². The first kappa shape index (κ1) is 14.1. The molecule has 2 aromatic rings. The SMILES string of the molecule is O=C(NC1CC1)C(Sc1ccccc1F)c1ccccc1. The Morgan fingerprint density at radius 1 is 1.10 bits per heavy atom. The van der Waals surface area contributed by atoms with Crippen molar-refractivity contribution in [2.75, 3.05) is 0 Å². The minimum absolute atomic E-state index is 0.0445. The summed E-state index contributed by atoms with van der Waals surface area (Å²) in [6, 6.07) is 16.4. The van der Waals surface area contributed by atoms with Gasteiger partial charge in [-0.15, -0.1) is 11.8 Å². The van der Waals surface area contributed by atoms with Gasteiger partial charge in [0.1, 0.15) is 11.1 Å². The third-order valence-electron chi connectivity index (χ3n) is 3.35. The average Bonchev–Trinajstić information content (AvgIpc) is 3.31. The number of nitrogens with one attached hydrogen (secondary N) is 1. The minimum Gasteiger partial charge on any atom is -0.352 e. The summed E-state index contributed by atoms with van der Waals surface area (Å²) in [4.78, 5) is 13.0. The Hall–Kier alpha value is -1.81. The maximum absolute atomic E-state index is 13.9. The smallest absolute Gasteiger partial charge is 0.238 e. The number of halogens is 1. The van der Waals surface area contributed by atoms with E-state index in [4.69, 9.17) is 0 Å². The molecule has 1 saturated carbocycles. The van der Waals surface area contributed by atoms with Gasteiger partial charge in [-0.3, -0.25) is 4.79 Å². The maximum Gasteiger partial charge on any atom is 0.238 e. The predicted octanol–water partition coefficient (Wildman–Crippen LogP) is 3.94. The molecule has 2 aromatic carbocycles. The second kappa shape index (κ2) is 6.31. The van der Waals surface area contributed by atoms with Crippen LogP contribution in [0.5, 0.6) is 0 Å². The van der Waals surface area contributed by atoms with E-state index in [2.05, 4.69) is 5.32 Å². The zero-order chi connectivity index (χ0) is 14.7. The van der Waals surface area contributed by atoms with E-state index in [1.54, 1.807) is 18.2 Å². The highest BCUT2D eigenvalue weighted by atomic mass is 32.2. The van der Waals surface area contributed by atoms with Crippen LogP contribution in [0.1, 0.15) is 23.7 Å². The lowest BCUT2D eigenvalue weighted by atomic mass is 10.1. The van der Waals surface area contributed by atoms with E-state index >= 15 is 0 Å². The number of carbonyl (C=O) groups is 1. The molecule has 1 N–H and O–H groups in total. The number of thioether (sulfide) groups is 1. The van der Waals surface area contributed by atoms with Crippen molar-refractivity contribution in [3.05, 3.63) is 66.0 Å². The number of rotatable bonds is 5. The number of carbonyl (C=O) groups excluding carboxylic acids is 1. The first-order valence-corrected chi connectivity index (χ1v) is 7.88. The van der Waals surface area contributed by atoms with E-state index in [0.29, 0.717) is 10.9 Å². The second-order valence-corrected chi connectivity index (χ2v) is 6.27. The fourth-order valence-electron chi connectivity index (χ4n) is 2.07. The fourth-order valence-corrected chi connectivity index (χ4v) is 3.13. The lowest BCUT2D eigenvalue weighted by Gasteiger charge is -2.17. The van der Waals surface area contributed by atoms with Crippen molar-refractivity contribution in [1.82, 2.24) is 5.32 Å². The summed E-state index contributed by atoms with van der Waals surface area (Å²) in [7, 11) is 0. The Kier molecular flexibility index (Phi) is 4.25. The third-order valence-corrected chi connectivity index (χ3v) is 4.65. The zero-order valence-corrected chi connectivity index (χ0v) is 12.3. The second-order valence-electron chi connectivity index (χ2n) is 5.12. The summed E-state index contributed by atoms with van der Waals surface area (Å²) in [6.45, 7) is 0. The lowest BCUT2D eigenvalue weighted by molar-refractivity contribution is -0.120. The lowest BCUT2D eigenvalue weighted by Crippen LogP contribution is -2.29. The Bertz CT molecular complexity index is 628. The van der Waals surface area contributed by atoms with E-state index in [1.807, 2.05) is 30.3 Å². The third kappa shape index (κ3) is 3.64. The molecule has 1 aliphatic rings. The van der Waals surface area contributed by atoms with Crippen LogP contribution in [0, 0.1) is 5.82 Å². The van der Waals surface area contributed by atoms with E-state index in [0.717, 1.165) is 18.4 Å². The van der Waals surface area contributed by atoms with Crippen LogP contribution in [0.15, 0.2) is 59.5 Å². The summed E-state index contributed by atoms with van der Waals surface area (Å²) in [5.74, 6) is -0.334. The van der Waals surface area contributed by atoms with Gasteiger partial charge in [0.05, 0.1) is 0 Å². The molecule has 21 heavy (non-hydrogen) atoms. The van der Waals surface area contributed by atoms with Gasteiger partial charge in [-0.1, -0.05) is 42.5 Å². The van der Waals surface area contributed by atoms with Crippen LogP contribution in [0.3, 0.4) is 0 Å². The van der Waals surface area contributed by atoms with Crippen LogP contribution in [-0.4, -0.2) is 11.9 Å². The molecule has 4 heteroatoms. The highest BCUT2D eigenvalue weighted by Gasteiger charge is 2.29. The Balaban J connectivity index is 1.85. The molecule has 3 rings (SSSR count). The standard InChI is InChI=1S/C17H16FNOS/c18-14-8-4-5-9-15(14)21-16(12-6-2-1-3-7-12)17(20)19-13-10-11-13/h1-9,13,16H,10-11H2,(H,19,20). The van der Waals surface area contributed by atoms with E-state index in [1.165, 1.54) is 17.8 Å². The molecule has 2 nitrogen and oxygen atoms in total. The maximum atomic E-state index is 13.9. The molecule has 0 radical (unpaired) electrons. The van der Waals surface area contributed by atoms with Crippen molar-refractivity contribution >= 4 is 17.7 Å². The summed E-state index contributed by atoms with van der Waals surface area (Å²) >= 11 is 1.26. The van der Waals surface area contributed by atoms with Gasteiger partial charge in [0.15, 0.2) is 0 Å². The molecule has 0 bridgehead atoms. The first-order valence-electron chi connectivity index (χ1n) is 7.00. The largest absolute Gasteiger partial charge is 0.352 e. The fraction of sp³-hybridized carbons (Fsp3) is 0.235. The normalized spacial score (nSPS) is 15.5. The molecule has 108 valence electrons. The Labute approximate surface area is 127 Å². The van der Waals surface area contributed by atoms with Crippen molar-refractivity contribution in [3.8, 4) is 0 Å². The molecule has 0 heterocycles. The van der Waals surface area contributed by atoms with Crippen LogP contribution >= 0.6 is 11.8 Å². The molecule has 0 aliphatic heterocycles. The van der Waals surface area contributed by atoms with Crippen molar-refractivity contribution in [2.24, 2.45) is 0 Å². The van der Waals surface area contributed by atoms with Gasteiger partial charge < -0.3 is 5.32 Å². The van der Waals surface area contributed by atoms with Gasteiger partial charge in [0.2, 0.25) is 5.91 Å². The van der Waals surface area contributed by atoms with Crippen LogP contribution in [0.4, 0.5) is 4.39 Å². The van der Waals surface area contributed by atoms with E-state index < -0.39 is 5.25 Å². The van der Waals surface area contributed by atoms with E-state index in [9.17, 15) is 9.18 Å². The number of benzene rings is 2. The number of amides is 1. The molecule has 1 aliphatic carbocycles. The molecule has 1 fully saturated rings. The molecular formula is C17H16FNOS. The zero-order valence-electron chi connectivity index (χ0n) is 11.5. The molecule has 0 aromatic heterocycles. The van der Waals surface area contributed by atoms with Crippen molar-refractivity contribution in [2.45, 2.75) is 29.0 Å². The average molecular weight is 301 g/mol. The highest BCUT2D eigenvalue weighted by Crippen LogP contribution is 2.37. The minimum atomic E-state index is -0.427.